The minimum Gasteiger partial charge on any atom is -0.368 e. The van der Waals surface area contributed by atoms with Crippen LogP contribution in [0.4, 0.5) is 0 Å². The van der Waals surface area contributed by atoms with Crippen LogP contribution >= 0.6 is 12.6 Å². The maximum atomic E-state index is 5.04. The van der Waals surface area contributed by atoms with Gasteiger partial charge in [0.05, 0.1) is 0 Å². The van der Waals surface area contributed by atoms with Crippen LogP contribution < -0.4 is 0 Å². The lowest BCUT2D eigenvalue weighted by atomic mass is 10.2. The predicted molar refractivity (Wildman–Crippen MR) is 39.3 cm³/mol. The van der Waals surface area contributed by atoms with Crippen molar-refractivity contribution in [2.24, 2.45) is 0 Å². The minimum atomic E-state index is -0.214. The van der Waals surface area contributed by atoms with Gasteiger partial charge in [-0.1, -0.05) is 13.3 Å². The number of hydrogen-bond acceptors (Lipinski definition) is 2. The van der Waals surface area contributed by atoms with Crippen LogP contribution in [0.5, 0.6) is 0 Å². The largest absolute Gasteiger partial charge is 0.368 e. The van der Waals surface area contributed by atoms with Gasteiger partial charge in [0.25, 0.3) is 0 Å². The maximum absolute atomic E-state index is 5.04. The molecule has 1 unspecified atom stereocenters. The number of ether oxygens (including phenoxy) is 1. The predicted octanol–water partition coefficient (Wildman–Crippen LogP) is 2.08. The van der Waals surface area contributed by atoms with E-state index in [1.54, 1.807) is 7.11 Å². The SMILES string of the molecule is CCCC(C)(S)OC. The molecule has 1 atom stereocenters. The van der Waals surface area contributed by atoms with E-state index in [2.05, 4.69) is 19.6 Å². The fourth-order valence-electron chi connectivity index (χ4n) is 0.566. The summed E-state index contributed by atoms with van der Waals surface area (Å²) in [6, 6.07) is 0. The van der Waals surface area contributed by atoms with Gasteiger partial charge in [-0.05, 0) is 13.3 Å². The second kappa shape index (κ2) is 3.36. The van der Waals surface area contributed by atoms with Gasteiger partial charge < -0.3 is 4.74 Å². The molecule has 0 heterocycles. The van der Waals surface area contributed by atoms with Crippen LogP contribution in [0.1, 0.15) is 26.7 Å². The third-order valence-corrected chi connectivity index (χ3v) is 1.56. The second-order valence-electron chi connectivity index (χ2n) is 2.13. The summed E-state index contributed by atoms with van der Waals surface area (Å²) in [5.74, 6) is 0. The summed E-state index contributed by atoms with van der Waals surface area (Å²) in [6.45, 7) is 4.09. The Hall–Kier alpha value is 0.310. The fourth-order valence-corrected chi connectivity index (χ4v) is 0.790. The number of rotatable bonds is 3. The molecule has 0 spiro atoms. The van der Waals surface area contributed by atoms with Gasteiger partial charge in [0, 0.05) is 7.11 Å². The van der Waals surface area contributed by atoms with Crippen LogP contribution in [-0.2, 0) is 4.74 Å². The van der Waals surface area contributed by atoms with Crippen LogP contribution in [0.25, 0.3) is 0 Å². The summed E-state index contributed by atoms with van der Waals surface area (Å²) >= 11 is 4.24. The first kappa shape index (κ1) is 8.31. The van der Waals surface area contributed by atoms with Gasteiger partial charge in [-0.2, -0.15) is 0 Å². The zero-order valence-electron chi connectivity index (χ0n) is 5.77. The summed E-state index contributed by atoms with van der Waals surface area (Å²) in [5.41, 5.74) is 0. The molecule has 0 radical (unpaired) electrons. The van der Waals surface area contributed by atoms with Gasteiger partial charge in [0.2, 0.25) is 0 Å². The summed E-state index contributed by atoms with van der Waals surface area (Å²) < 4.78 is 5.04. The first-order chi connectivity index (χ1) is 3.62. The minimum absolute atomic E-state index is 0.214. The number of hydrogen-bond donors (Lipinski definition) is 1. The zero-order valence-corrected chi connectivity index (χ0v) is 6.66. The normalized spacial score (nSPS) is 18.0. The van der Waals surface area contributed by atoms with Crippen LogP contribution in [0.2, 0.25) is 0 Å². The molecule has 1 nitrogen and oxygen atoms in total. The third kappa shape index (κ3) is 3.33. The molecule has 2 heteroatoms. The molecule has 0 bridgehead atoms. The summed E-state index contributed by atoms with van der Waals surface area (Å²) in [4.78, 5) is -0.214. The molecule has 50 valence electrons. The Bertz CT molecular complexity index is 61.5. The third-order valence-electron chi connectivity index (χ3n) is 1.15. The second-order valence-corrected chi connectivity index (χ2v) is 3.08. The van der Waals surface area contributed by atoms with Crippen molar-refractivity contribution in [3.05, 3.63) is 0 Å². The van der Waals surface area contributed by atoms with E-state index in [-0.39, 0.29) is 4.93 Å². The van der Waals surface area contributed by atoms with Crippen LogP contribution in [0, 0.1) is 0 Å². The van der Waals surface area contributed by atoms with Gasteiger partial charge in [0.15, 0.2) is 0 Å². The van der Waals surface area contributed by atoms with Crippen LogP contribution in [0.3, 0.4) is 0 Å². The van der Waals surface area contributed by atoms with Gasteiger partial charge in [-0.25, -0.2) is 0 Å². The first-order valence-electron chi connectivity index (χ1n) is 2.90. The fraction of sp³-hybridized carbons (Fsp3) is 1.00. The highest BCUT2D eigenvalue weighted by Gasteiger charge is 2.14. The molecule has 0 aliphatic carbocycles. The highest BCUT2D eigenvalue weighted by Crippen LogP contribution is 2.19. The van der Waals surface area contributed by atoms with E-state index in [1.807, 2.05) is 6.92 Å². The van der Waals surface area contributed by atoms with Crippen molar-refractivity contribution in [1.82, 2.24) is 0 Å². The Morgan fingerprint density at radius 2 is 2.12 bits per heavy atom. The number of thiol groups is 1. The molecule has 0 N–H and O–H groups in total. The van der Waals surface area contributed by atoms with Crippen LogP contribution in [0.15, 0.2) is 0 Å². The Morgan fingerprint density at radius 1 is 1.62 bits per heavy atom. The Balaban J connectivity index is 3.37. The lowest BCUT2D eigenvalue weighted by Gasteiger charge is -2.20. The highest BCUT2D eigenvalue weighted by molar-refractivity contribution is 7.81. The van der Waals surface area contributed by atoms with Gasteiger partial charge in [-0.15, -0.1) is 12.6 Å². The van der Waals surface area contributed by atoms with E-state index in [9.17, 15) is 0 Å². The Kier molecular flexibility index (Phi) is 3.49. The van der Waals surface area contributed by atoms with E-state index in [0.717, 1.165) is 12.8 Å². The summed E-state index contributed by atoms with van der Waals surface area (Å²) in [5, 5.41) is 0. The first-order valence-corrected chi connectivity index (χ1v) is 3.34. The van der Waals surface area contributed by atoms with Crippen molar-refractivity contribution in [3.8, 4) is 0 Å². The average Bonchev–Trinajstić information content (AvgIpc) is 1.67. The molecule has 0 amide bonds. The summed E-state index contributed by atoms with van der Waals surface area (Å²) in [6.07, 6.45) is 2.13. The van der Waals surface area contributed by atoms with Gasteiger partial charge >= 0.3 is 0 Å². The molecular formula is C6H14OS. The molecule has 0 aromatic carbocycles. The topological polar surface area (TPSA) is 9.23 Å². The van der Waals surface area contributed by atoms with Crippen molar-refractivity contribution in [3.63, 3.8) is 0 Å². The van der Waals surface area contributed by atoms with Crippen LogP contribution in [-0.4, -0.2) is 12.0 Å². The molecule has 0 rings (SSSR count). The average molecular weight is 134 g/mol. The van der Waals surface area contributed by atoms with Crippen molar-refractivity contribution in [2.45, 2.75) is 31.6 Å². The Morgan fingerprint density at radius 3 is 2.25 bits per heavy atom. The van der Waals surface area contributed by atoms with E-state index in [4.69, 9.17) is 4.74 Å². The molecule has 8 heavy (non-hydrogen) atoms. The monoisotopic (exact) mass is 134 g/mol. The smallest absolute Gasteiger partial charge is 0.107 e. The molecular weight excluding hydrogens is 120 g/mol. The molecule has 0 saturated carbocycles. The quantitative estimate of drug-likeness (QED) is 0.459. The lowest BCUT2D eigenvalue weighted by molar-refractivity contribution is 0.0811. The van der Waals surface area contributed by atoms with E-state index >= 15 is 0 Å². The van der Waals surface area contributed by atoms with Gasteiger partial charge in [-0.3, -0.25) is 0 Å². The van der Waals surface area contributed by atoms with E-state index in [0.29, 0.717) is 0 Å². The van der Waals surface area contributed by atoms with E-state index < -0.39 is 0 Å². The lowest BCUT2D eigenvalue weighted by Crippen LogP contribution is -2.17. The summed E-state index contributed by atoms with van der Waals surface area (Å²) in [7, 11) is 1.68. The van der Waals surface area contributed by atoms with Crippen molar-refractivity contribution in [1.29, 1.82) is 0 Å². The molecule has 0 fully saturated rings. The molecule has 0 aliphatic rings. The van der Waals surface area contributed by atoms with Crippen molar-refractivity contribution >= 4 is 12.6 Å². The maximum Gasteiger partial charge on any atom is 0.107 e. The molecule has 0 aromatic rings. The molecule has 0 aromatic heterocycles. The zero-order chi connectivity index (χ0) is 6.62. The van der Waals surface area contributed by atoms with Gasteiger partial charge in [0.1, 0.15) is 4.93 Å². The Labute approximate surface area is 56.8 Å². The molecule has 0 saturated heterocycles. The van der Waals surface area contributed by atoms with Crippen molar-refractivity contribution in [2.75, 3.05) is 7.11 Å². The standard InChI is InChI=1S/C6H14OS/c1-4-5-6(2,8)7-3/h8H,4-5H2,1-3H3. The number of methoxy groups -OCH3 is 1. The molecule has 0 aliphatic heterocycles. The van der Waals surface area contributed by atoms with Crippen molar-refractivity contribution < 1.29 is 4.74 Å². The highest BCUT2D eigenvalue weighted by atomic mass is 32.1. The van der Waals surface area contributed by atoms with E-state index in [1.165, 1.54) is 0 Å².